The van der Waals surface area contributed by atoms with Crippen LogP contribution in [-0.4, -0.2) is 21.0 Å². The zero-order chi connectivity index (χ0) is 15.6. The summed E-state index contributed by atoms with van der Waals surface area (Å²) in [6.45, 7) is 3.29. The van der Waals surface area contributed by atoms with Gasteiger partial charge in [0.2, 0.25) is 0 Å². The number of hydrogen-bond acceptors (Lipinski definition) is 3. The highest BCUT2D eigenvalue weighted by atomic mass is 19.1. The lowest BCUT2D eigenvalue weighted by Crippen LogP contribution is -2.18. The minimum Gasteiger partial charge on any atom is -0.481 e. The fourth-order valence-corrected chi connectivity index (χ4v) is 2.07. The van der Waals surface area contributed by atoms with Crippen molar-refractivity contribution in [2.45, 2.75) is 26.7 Å². The molecule has 0 saturated heterocycles. The summed E-state index contributed by atoms with van der Waals surface area (Å²) in [5.41, 5.74) is 1.55. The molecule has 0 atom stereocenters. The summed E-state index contributed by atoms with van der Waals surface area (Å²) in [6, 6.07) is 4.46. The lowest BCUT2D eigenvalue weighted by atomic mass is 10.1. The average molecular weight is 290 g/mol. The summed E-state index contributed by atoms with van der Waals surface area (Å²) >= 11 is 0. The highest BCUT2D eigenvalue weighted by molar-refractivity contribution is 5.67. The Balaban J connectivity index is 2.41. The van der Waals surface area contributed by atoms with Gasteiger partial charge < -0.3 is 10.1 Å². The third-order valence-electron chi connectivity index (χ3n) is 3.24. The largest absolute Gasteiger partial charge is 0.481 e. The second-order valence-electron chi connectivity index (χ2n) is 4.84. The van der Waals surface area contributed by atoms with Gasteiger partial charge in [-0.3, -0.25) is 9.59 Å². The number of carbonyl (C=O) groups is 1. The SMILES string of the molecule is Cc1cc(-c2nc(C)c(CCC(=O)O)c(=O)[nH]2)ccc1F. The van der Waals surface area contributed by atoms with E-state index in [0.29, 0.717) is 28.2 Å². The van der Waals surface area contributed by atoms with Crippen molar-refractivity contribution in [2.24, 2.45) is 0 Å². The predicted octanol–water partition coefficient (Wildman–Crippen LogP) is 2.21. The van der Waals surface area contributed by atoms with E-state index in [0.717, 1.165) is 0 Å². The molecule has 1 aromatic heterocycles. The van der Waals surface area contributed by atoms with Crippen LogP contribution in [0.25, 0.3) is 11.4 Å². The summed E-state index contributed by atoms with van der Waals surface area (Å²) in [4.78, 5) is 29.5. The molecule has 1 aromatic carbocycles. The molecule has 0 amide bonds. The number of nitrogens with one attached hydrogen (secondary N) is 1. The molecule has 0 radical (unpaired) electrons. The fourth-order valence-electron chi connectivity index (χ4n) is 2.07. The van der Waals surface area contributed by atoms with E-state index < -0.39 is 5.97 Å². The van der Waals surface area contributed by atoms with Gasteiger partial charge in [0.25, 0.3) is 5.56 Å². The topological polar surface area (TPSA) is 83.0 Å². The van der Waals surface area contributed by atoms with Crippen LogP contribution in [0.2, 0.25) is 0 Å². The Morgan fingerprint density at radius 1 is 1.38 bits per heavy atom. The number of carboxylic acid groups (broad SMARTS) is 1. The zero-order valence-electron chi connectivity index (χ0n) is 11.7. The fraction of sp³-hybridized carbons (Fsp3) is 0.267. The van der Waals surface area contributed by atoms with E-state index in [9.17, 15) is 14.0 Å². The van der Waals surface area contributed by atoms with Crippen molar-refractivity contribution in [3.63, 3.8) is 0 Å². The molecular weight excluding hydrogens is 275 g/mol. The van der Waals surface area contributed by atoms with Crippen LogP contribution in [0.4, 0.5) is 4.39 Å². The Labute approximate surface area is 120 Å². The number of aryl methyl sites for hydroxylation is 2. The number of aromatic amines is 1. The third kappa shape index (κ3) is 3.34. The van der Waals surface area contributed by atoms with Gasteiger partial charge in [0, 0.05) is 23.2 Å². The van der Waals surface area contributed by atoms with E-state index in [4.69, 9.17) is 5.11 Å². The van der Waals surface area contributed by atoms with Gasteiger partial charge >= 0.3 is 5.97 Å². The lowest BCUT2D eigenvalue weighted by Gasteiger charge is -2.07. The molecule has 6 heteroatoms. The number of nitrogens with zero attached hydrogens (tertiary/aromatic N) is 1. The molecule has 110 valence electrons. The standard InChI is InChI=1S/C15H15FN2O3/c1-8-7-10(3-5-12(8)16)14-17-9(2)11(15(21)18-14)4-6-13(19)20/h3,5,7H,4,6H2,1-2H3,(H,19,20)(H,17,18,21). The molecule has 0 aliphatic heterocycles. The molecule has 0 unspecified atom stereocenters. The molecule has 0 saturated carbocycles. The maximum absolute atomic E-state index is 13.3. The van der Waals surface area contributed by atoms with E-state index in [1.54, 1.807) is 19.9 Å². The Morgan fingerprint density at radius 2 is 2.10 bits per heavy atom. The van der Waals surface area contributed by atoms with Crippen LogP contribution in [0.15, 0.2) is 23.0 Å². The number of hydrogen-bond donors (Lipinski definition) is 2. The van der Waals surface area contributed by atoms with Gasteiger partial charge in [-0.1, -0.05) is 0 Å². The Kier molecular flexibility index (Phi) is 4.16. The van der Waals surface area contributed by atoms with Gasteiger partial charge in [0.05, 0.1) is 0 Å². The lowest BCUT2D eigenvalue weighted by molar-refractivity contribution is -0.136. The highest BCUT2D eigenvalue weighted by Gasteiger charge is 2.11. The molecule has 21 heavy (non-hydrogen) atoms. The molecular formula is C15H15FN2O3. The zero-order valence-corrected chi connectivity index (χ0v) is 11.7. The average Bonchev–Trinajstić information content (AvgIpc) is 2.40. The van der Waals surface area contributed by atoms with Crippen LogP contribution in [-0.2, 0) is 11.2 Å². The quantitative estimate of drug-likeness (QED) is 0.904. The van der Waals surface area contributed by atoms with Crippen molar-refractivity contribution in [2.75, 3.05) is 0 Å². The molecule has 0 fully saturated rings. The molecule has 0 spiro atoms. The molecule has 0 bridgehead atoms. The van der Waals surface area contributed by atoms with E-state index in [1.165, 1.54) is 12.1 Å². The number of H-pyrrole nitrogens is 1. The second-order valence-corrected chi connectivity index (χ2v) is 4.84. The minimum atomic E-state index is -0.966. The van der Waals surface area contributed by atoms with Crippen molar-refractivity contribution in [1.82, 2.24) is 9.97 Å². The highest BCUT2D eigenvalue weighted by Crippen LogP contribution is 2.18. The van der Waals surface area contributed by atoms with E-state index in [-0.39, 0.29) is 24.2 Å². The smallest absolute Gasteiger partial charge is 0.303 e. The molecule has 2 aromatic rings. The van der Waals surface area contributed by atoms with Crippen molar-refractivity contribution < 1.29 is 14.3 Å². The number of carboxylic acids is 1. The van der Waals surface area contributed by atoms with Crippen LogP contribution < -0.4 is 5.56 Å². The van der Waals surface area contributed by atoms with E-state index in [2.05, 4.69) is 9.97 Å². The van der Waals surface area contributed by atoms with Crippen molar-refractivity contribution in [3.8, 4) is 11.4 Å². The first-order valence-corrected chi connectivity index (χ1v) is 6.46. The van der Waals surface area contributed by atoms with Crippen LogP contribution >= 0.6 is 0 Å². The number of aliphatic carboxylic acids is 1. The van der Waals surface area contributed by atoms with Gasteiger partial charge in [0.1, 0.15) is 11.6 Å². The Hall–Kier alpha value is -2.50. The van der Waals surface area contributed by atoms with Crippen molar-refractivity contribution in [1.29, 1.82) is 0 Å². The molecule has 2 N–H and O–H groups in total. The Morgan fingerprint density at radius 3 is 2.67 bits per heavy atom. The Bertz CT molecular complexity index is 753. The first-order valence-electron chi connectivity index (χ1n) is 6.46. The van der Waals surface area contributed by atoms with Crippen LogP contribution in [0.3, 0.4) is 0 Å². The summed E-state index contributed by atoms with van der Waals surface area (Å²) in [5, 5.41) is 8.68. The maximum atomic E-state index is 13.3. The number of rotatable bonds is 4. The number of benzene rings is 1. The molecule has 2 rings (SSSR count). The first-order chi connectivity index (χ1) is 9.88. The second kappa shape index (κ2) is 5.87. The van der Waals surface area contributed by atoms with Crippen LogP contribution in [0.1, 0.15) is 23.2 Å². The number of aromatic nitrogens is 2. The van der Waals surface area contributed by atoms with Gasteiger partial charge in [-0.25, -0.2) is 9.37 Å². The van der Waals surface area contributed by atoms with Crippen molar-refractivity contribution >= 4 is 5.97 Å². The number of halogens is 1. The first kappa shape index (κ1) is 14.9. The molecule has 5 nitrogen and oxygen atoms in total. The minimum absolute atomic E-state index is 0.124. The summed E-state index contributed by atoms with van der Waals surface area (Å²) < 4.78 is 13.3. The summed E-state index contributed by atoms with van der Waals surface area (Å²) in [6.07, 6.45) is 0.00677. The van der Waals surface area contributed by atoms with Gasteiger partial charge in [-0.2, -0.15) is 0 Å². The normalized spacial score (nSPS) is 10.6. The van der Waals surface area contributed by atoms with Gasteiger partial charge in [0.15, 0.2) is 0 Å². The van der Waals surface area contributed by atoms with E-state index in [1.807, 2.05) is 0 Å². The van der Waals surface area contributed by atoms with E-state index >= 15 is 0 Å². The third-order valence-corrected chi connectivity index (χ3v) is 3.24. The van der Waals surface area contributed by atoms with Gasteiger partial charge in [-0.15, -0.1) is 0 Å². The predicted molar refractivity (Wildman–Crippen MR) is 75.7 cm³/mol. The maximum Gasteiger partial charge on any atom is 0.303 e. The molecule has 1 heterocycles. The van der Waals surface area contributed by atoms with Crippen molar-refractivity contribution in [3.05, 3.63) is 51.2 Å². The van der Waals surface area contributed by atoms with Gasteiger partial charge in [-0.05, 0) is 44.0 Å². The summed E-state index contributed by atoms with van der Waals surface area (Å²) in [5.74, 6) is -0.942. The summed E-state index contributed by atoms with van der Waals surface area (Å²) in [7, 11) is 0. The monoisotopic (exact) mass is 290 g/mol. The molecule has 0 aliphatic rings. The van der Waals surface area contributed by atoms with Crippen LogP contribution in [0, 0.1) is 19.7 Å². The van der Waals surface area contributed by atoms with Crippen LogP contribution in [0.5, 0.6) is 0 Å². The molecule has 0 aliphatic carbocycles.